The van der Waals surface area contributed by atoms with Crippen molar-refractivity contribution in [3.8, 4) is 17.3 Å². The normalized spacial score (nSPS) is 10.2. The van der Waals surface area contributed by atoms with Gasteiger partial charge in [0.05, 0.1) is 5.69 Å². The van der Waals surface area contributed by atoms with Gasteiger partial charge in [0, 0.05) is 10.9 Å². The Morgan fingerprint density at radius 2 is 2.05 bits per heavy atom. The first kappa shape index (κ1) is 13.2. The summed E-state index contributed by atoms with van der Waals surface area (Å²) in [6, 6.07) is 6.15. The number of alkyl halides is 1. The molecule has 1 aromatic heterocycles. The molecule has 0 saturated carbocycles. The predicted octanol–water partition coefficient (Wildman–Crippen LogP) is 2.21. The van der Waals surface area contributed by atoms with Crippen molar-refractivity contribution in [1.29, 1.82) is 5.26 Å². The number of anilines is 2. The zero-order chi connectivity index (χ0) is 14.0. The maximum absolute atomic E-state index is 13.4. The van der Waals surface area contributed by atoms with Crippen LogP contribution in [-0.4, -0.2) is 9.97 Å². The molecular weight excluding hydrogens is 313 g/mol. The topological polar surface area (TPSA) is 102 Å². The molecule has 4 N–H and O–H groups in total. The molecule has 0 aliphatic carbocycles. The Labute approximate surface area is 117 Å². The molecule has 1 heterocycles. The monoisotopic (exact) mass is 321 g/mol. The summed E-state index contributed by atoms with van der Waals surface area (Å²) in [5.41, 5.74) is 12.7. The number of aromatic nitrogens is 2. The molecule has 0 aliphatic rings. The molecule has 0 bridgehead atoms. The summed E-state index contributed by atoms with van der Waals surface area (Å²) >= 11 is 3.30. The third-order valence-electron chi connectivity index (χ3n) is 2.54. The molecule has 0 fully saturated rings. The molecule has 0 radical (unpaired) electrons. The molecule has 0 unspecified atom stereocenters. The first-order chi connectivity index (χ1) is 9.06. The van der Waals surface area contributed by atoms with Gasteiger partial charge in [-0.05, 0) is 17.7 Å². The van der Waals surface area contributed by atoms with Gasteiger partial charge in [0.2, 0.25) is 5.95 Å². The molecular formula is C12H9BrFN5. The van der Waals surface area contributed by atoms with Gasteiger partial charge in [0.25, 0.3) is 0 Å². The van der Waals surface area contributed by atoms with Crippen molar-refractivity contribution in [3.05, 3.63) is 35.1 Å². The maximum Gasteiger partial charge on any atom is 0.222 e. The van der Waals surface area contributed by atoms with E-state index in [-0.39, 0.29) is 23.0 Å². The van der Waals surface area contributed by atoms with Gasteiger partial charge < -0.3 is 11.5 Å². The summed E-state index contributed by atoms with van der Waals surface area (Å²) in [7, 11) is 0. The summed E-state index contributed by atoms with van der Waals surface area (Å²) < 4.78 is 13.4. The van der Waals surface area contributed by atoms with Gasteiger partial charge >= 0.3 is 0 Å². The van der Waals surface area contributed by atoms with Crippen LogP contribution in [0.1, 0.15) is 11.1 Å². The summed E-state index contributed by atoms with van der Waals surface area (Å²) in [6.45, 7) is 0. The van der Waals surface area contributed by atoms with Crippen molar-refractivity contribution in [1.82, 2.24) is 9.97 Å². The van der Waals surface area contributed by atoms with Crippen molar-refractivity contribution >= 4 is 27.7 Å². The molecule has 1 aromatic carbocycles. The Balaban J connectivity index is 2.78. The molecule has 7 heteroatoms. The Morgan fingerprint density at radius 3 is 2.68 bits per heavy atom. The quantitative estimate of drug-likeness (QED) is 0.826. The van der Waals surface area contributed by atoms with Crippen molar-refractivity contribution in [2.75, 3.05) is 11.5 Å². The van der Waals surface area contributed by atoms with Crippen LogP contribution in [0.3, 0.4) is 0 Å². The molecule has 0 aliphatic heterocycles. The lowest BCUT2D eigenvalue weighted by Gasteiger charge is -2.10. The van der Waals surface area contributed by atoms with Crippen LogP contribution in [0.4, 0.5) is 16.2 Å². The van der Waals surface area contributed by atoms with Gasteiger partial charge in [-0.25, -0.2) is 9.37 Å². The summed E-state index contributed by atoms with van der Waals surface area (Å²) in [5, 5.41) is 9.61. The number of hydrogen-bond acceptors (Lipinski definition) is 5. The highest BCUT2D eigenvalue weighted by molar-refractivity contribution is 9.08. The average Bonchev–Trinajstić information content (AvgIpc) is 2.37. The van der Waals surface area contributed by atoms with Crippen LogP contribution in [0, 0.1) is 17.1 Å². The second-order valence-electron chi connectivity index (χ2n) is 3.74. The molecule has 0 amide bonds. The average molecular weight is 322 g/mol. The van der Waals surface area contributed by atoms with Crippen LogP contribution in [-0.2, 0) is 5.33 Å². The molecule has 2 aromatic rings. The predicted molar refractivity (Wildman–Crippen MR) is 73.6 cm³/mol. The van der Waals surface area contributed by atoms with Crippen LogP contribution in [0.15, 0.2) is 18.2 Å². The van der Waals surface area contributed by atoms with E-state index in [4.69, 9.17) is 16.7 Å². The van der Waals surface area contributed by atoms with Gasteiger partial charge in [0.15, 0.2) is 0 Å². The summed E-state index contributed by atoms with van der Waals surface area (Å²) in [6.07, 6.45) is 0. The van der Waals surface area contributed by atoms with E-state index < -0.39 is 5.82 Å². The van der Waals surface area contributed by atoms with Crippen LogP contribution >= 0.6 is 15.9 Å². The molecule has 19 heavy (non-hydrogen) atoms. The molecule has 0 saturated heterocycles. The fourth-order valence-corrected chi connectivity index (χ4v) is 2.18. The highest BCUT2D eigenvalue weighted by Gasteiger charge is 2.16. The second kappa shape index (κ2) is 5.20. The fourth-order valence-electron chi connectivity index (χ4n) is 1.69. The SMILES string of the molecule is N#Cc1c(N)nc(N)nc1-c1cc(F)ccc1CBr. The molecule has 0 atom stereocenters. The Morgan fingerprint density at radius 1 is 1.32 bits per heavy atom. The van der Waals surface area contributed by atoms with Gasteiger partial charge in [-0.15, -0.1) is 0 Å². The van der Waals surface area contributed by atoms with Crippen molar-refractivity contribution in [3.63, 3.8) is 0 Å². The number of nitrogens with two attached hydrogens (primary N) is 2. The number of nitrogens with zero attached hydrogens (tertiary/aromatic N) is 3. The van der Waals surface area contributed by atoms with E-state index in [9.17, 15) is 4.39 Å². The Hall–Kier alpha value is -2.20. The fraction of sp³-hybridized carbons (Fsp3) is 0.0833. The highest BCUT2D eigenvalue weighted by atomic mass is 79.9. The van der Waals surface area contributed by atoms with E-state index in [1.807, 2.05) is 6.07 Å². The maximum atomic E-state index is 13.4. The number of rotatable bonds is 2. The van der Waals surface area contributed by atoms with E-state index in [1.54, 1.807) is 6.07 Å². The summed E-state index contributed by atoms with van der Waals surface area (Å²) in [4.78, 5) is 7.73. The standard InChI is InChI=1S/C12H9BrFN5/c13-4-6-1-2-7(14)3-8(6)10-9(5-15)11(16)19-12(17)18-10/h1-3H,4H2,(H4,16,17,18,19). The minimum absolute atomic E-state index is 0.0187. The van der Waals surface area contributed by atoms with Crippen LogP contribution in [0.25, 0.3) is 11.3 Å². The lowest BCUT2D eigenvalue weighted by Crippen LogP contribution is -2.06. The van der Waals surface area contributed by atoms with E-state index in [0.29, 0.717) is 10.9 Å². The number of nitrogen functional groups attached to an aromatic ring is 2. The highest BCUT2D eigenvalue weighted by Crippen LogP contribution is 2.30. The van der Waals surface area contributed by atoms with Gasteiger partial charge in [-0.3, -0.25) is 0 Å². The van der Waals surface area contributed by atoms with Crippen LogP contribution < -0.4 is 11.5 Å². The summed E-state index contributed by atoms with van der Waals surface area (Å²) in [5.74, 6) is -0.509. The molecule has 96 valence electrons. The minimum Gasteiger partial charge on any atom is -0.382 e. The first-order valence-corrected chi connectivity index (χ1v) is 6.36. The van der Waals surface area contributed by atoms with Gasteiger partial charge in [0.1, 0.15) is 23.3 Å². The van der Waals surface area contributed by atoms with E-state index >= 15 is 0 Å². The number of nitriles is 1. The molecule has 5 nitrogen and oxygen atoms in total. The third kappa shape index (κ3) is 2.48. The van der Waals surface area contributed by atoms with Gasteiger partial charge in [-0.2, -0.15) is 10.2 Å². The zero-order valence-electron chi connectivity index (χ0n) is 9.69. The smallest absolute Gasteiger partial charge is 0.222 e. The minimum atomic E-state index is -0.431. The van der Waals surface area contributed by atoms with Crippen molar-refractivity contribution < 1.29 is 4.39 Å². The largest absolute Gasteiger partial charge is 0.382 e. The van der Waals surface area contributed by atoms with Gasteiger partial charge in [-0.1, -0.05) is 22.0 Å². The number of hydrogen-bond donors (Lipinski definition) is 2. The number of benzene rings is 1. The molecule has 0 spiro atoms. The first-order valence-electron chi connectivity index (χ1n) is 5.24. The van der Waals surface area contributed by atoms with E-state index in [2.05, 4.69) is 25.9 Å². The van der Waals surface area contributed by atoms with Crippen molar-refractivity contribution in [2.45, 2.75) is 5.33 Å². The Kier molecular flexibility index (Phi) is 3.62. The van der Waals surface area contributed by atoms with E-state index in [1.165, 1.54) is 12.1 Å². The van der Waals surface area contributed by atoms with Crippen LogP contribution in [0.5, 0.6) is 0 Å². The lowest BCUT2D eigenvalue weighted by molar-refractivity contribution is 0.628. The van der Waals surface area contributed by atoms with E-state index in [0.717, 1.165) is 5.56 Å². The Bertz CT molecular complexity index is 681. The van der Waals surface area contributed by atoms with Crippen LogP contribution in [0.2, 0.25) is 0 Å². The zero-order valence-corrected chi connectivity index (χ0v) is 11.3. The number of halogens is 2. The molecule has 2 rings (SSSR count). The second-order valence-corrected chi connectivity index (χ2v) is 4.30. The third-order valence-corrected chi connectivity index (χ3v) is 3.14. The lowest BCUT2D eigenvalue weighted by atomic mass is 10.0. The van der Waals surface area contributed by atoms with Crippen molar-refractivity contribution in [2.24, 2.45) is 0 Å².